The van der Waals surface area contributed by atoms with Crippen LogP contribution in [-0.2, 0) is 0 Å². The van der Waals surface area contributed by atoms with Crippen LogP contribution in [0.25, 0.3) is 0 Å². The molecule has 1 heteroatoms. The number of unbranched alkanes of at least 4 members (excludes halogenated alkanes) is 1. The highest BCUT2D eigenvalue weighted by molar-refractivity contribution is 7.43. The van der Waals surface area contributed by atoms with Crippen LogP contribution in [0.3, 0.4) is 0 Å². The highest BCUT2D eigenvalue weighted by Crippen LogP contribution is 2.30. The molecule has 0 radical (unpaired) electrons. The lowest BCUT2D eigenvalue weighted by Crippen LogP contribution is -1.74. The molecule has 1 aliphatic rings. The molecule has 10 heavy (non-hydrogen) atoms. The Bertz CT molecular complexity index is 145. The summed E-state index contributed by atoms with van der Waals surface area (Å²) in [5, 5.41) is 1.65. The smallest absolute Gasteiger partial charge is 0.00925 e. The van der Waals surface area contributed by atoms with E-state index in [1.54, 1.807) is 5.31 Å². The van der Waals surface area contributed by atoms with Gasteiger partial charge in [0.2, 0.25) is 0 Å². The average molecular weight is 154 g/mol. The van der Waals surface area contributed by atoms with Gasteiger partial charge in [0.15, 0.2) is 0 Å². The van der Waals surface area contributed by atoms with Gasteiger partial charge in [0.05, 0.1) is 0 Å². The van der Waals surface area contributed by atoms with E-state index >= 15 is 0 Å². The van der Waals surface area contributed by atoms with Crippen LogP contribution in [0.2, 0.25) is 0 Å². The molecule has 0 aliphatic heterocycles. The fourth-order valence-corrected chi connectivity index (χ4v) is 2.33. The summed E-state index contributed by atoms with van der Waals surface area (Å²) in [7, 11) is 1.09. The van der Waals surface area contributed by atoms with E-state index in [0.717, 1.165) is 8.58 Å². The van der Waals surface area contributed by atoms with Gasteiger partial charge in [-0.05, 0) is 24.3 Å². The molecule has 0 bridgehead atoms. The van der Waals surface area contributed by atoms with E-state index in [1.807, 2.05) is 0 Å². The monoisotopic (exact) mass is 154 g/mol. The van der Waals surface area contributed by atoms with Gasteiger partial charge in [-0.3, -0.25) is 0 Å². The molecule has 56 valence electrons. The molecule has 0 N–H and O–H groups in total. The third-order valence-electron chi connectivity index (χ3n) is 1.65. The van der Waals surface area contributed by atoms with Crippen LogP contribution in [-0.4, -0.2) is 6.16 Å². The van der Waals surface area contributed by atoms with Crippen molar-refractivity contribution < 1.29 is 0 Å². The van der Waals surface area contributed by atoms with Gasteiger partial charge in [-0.25, -0.2) is 0 Å². The Kier molecular flexibility index (Phi) is 3.75. The second-order valence-electron chi connectivity index (χ2n) is 2.60. The van der Waals surface area contributed by atoms with E-state index in [1.165, 1.54) is 25.4 Å². The first-order valence-corrected chi connectivity index (χ1v) is 5.23. The van der Waals surface area contributed by atoms with Crippen molar-refractivity contribution in [3.8, 4) is 0 Å². The van der Waals surface area contributed by atoms with E-state index in [2.05, 4.69) is 25.2 Å². The van der Waals surface area contributed by atoms with Crippen molar-refractivity contribution in [1.29, 1.82) is 0 Å². The van der Waals surface area contributed by atoms with Crippen molar-refractivity contribution >= 4 is 8.58 Å². The largest absolute Gasteiger partial charge is 0.0945 e. The Morgan fingerprint density at radius 2 is 2.50 bits per heavy atom. The lowest BCUT2D eigenvalue weighted by molar-refractivity contribution is 0.894. The minimum Gasteiger partial charge on any atom is -0.0945 e. The first-order valence-electron chi connectivity index (χ1n) is 4.03. The molecule has 0 heterocycles. The van der Waals surface area contributed by atoms with E-state index in [9.17, 15) is 0 Å². The van der Waals surface area contributed by atoms with Crippen molar-refractivity contribution in [1.82, 2.24) is 0 Å². The molecule has 0 spiro atoms. The first kappa shape index (κ1) is 8.01. The molecule has 1 unspecified atom stereocenters. The quantitative estimate of drug-likeness (QED) is 0.430. The van der Waals surface area contributed by atoms with Gasteiger partial charge in [0, 0.05) is 0 Å². The van der Waals surface area contributed by atoms with E-state index in [-0.39, 0.29) is 0 Å². The van der Waals surface area contributed by atoms with Crippen LogP contribution in [0.4, 0.5) is 0 Å². The molecular weight excluding hydrogens is 139 g/mol. The van der Waals surface area contributed by atoms with Gasteiger partial charge in [-0.15, -0.1) is 0 Å². The highest BCUT2D eigenvalue weighted by atomic mass is 31.1. The Labute approximate surface area is 65.2 Å². The molecule has 1 atom stereocenters. The zero-order chi connectivity index (χ0) is 7.23. The Morgan fingerprint density at radius 1 is 1.60 bits per heavy atom. The molecule has 0 aromatic rings. The molecule has 0 fully saturated rings. The molecule has 0 saturated heterocycles. The second kappa shape index (κ2) is 4.68. The first-order chi connectivity index (χ1) is 4.93. The Balaban J connectivity index is 2.04. The van der Waals surface area contributed by atoms with Gasteiger partial charge in [0.1, 0.15) is 0 Å². The highest BCUT2D eigenvalue weighted by Gasteiger charge is 1.97. The molecule has 0 aromatic heterocycles. The third kappa shape index (κ3) is 2.66. The molecule has 0 saturated carbocycles. The molecule has 0 nitrogen and oxygen atoms in total. The summed E-state index contributed by atoms with van der Waals surface area (Å²) in [6.45, 7) is 2.26. The van der Waals surface area contributed by atoms with Crippen molar-refractivity contribution in [3.63, 3.8) is 0 Å². The number of allylic oxidation sites excluding steroid dienone is 4. The topological polar surface area (TPSA) is 0 Å². The molecule has 1 aliphatic carbocycles. The maximum Gasteiger partial charge on any atom is -0.00925 e. The normalized spacial score (nSPS) is 17.1. The molecule has 1 rings (SSSR count). The lowest BCUT2D eigenvalue weighted by atomic mass is 10.4. The van der Waals surface area contributed by atoms with Crippen molar-refractivity contribution in [2.75, 3.05) is 6.16 Å². The summed E-state index contributed by atoms with van der Waals surface area (Å²) in [5.41, 5.74) is 0. The SMILES string of the molecule is CCCCPC1=CC=CC1. The van der Waals surface area contributed by atoms with Gasteiger partial charge < -0.3 is 0 Å². The van der Waals surface area contributed by atoms with E-state index < -0.39 is 0 Å². The fraction of sp³-hybridized carbons (Fsp3) is 0.556. The lowest BCUT2D eigenvalue weighted by Gasteiger charge is -1.99. The van der Waals surface area contributed by atoms with Gasteiger partial charge >= 0.3 is 0 Å². The molecular formula is C9H15P. The van der Waals surface area contributed by atoms with Crippen molar-refractivity contribution in [2.24, 2.45) is 0 Å². The van der Waals surface area contributed by atoms with Crippen LogP contribution in [0.1, 0.15) is 26.2 Å². The second-order valence-corrected chi connectivity index (χ2v) is 4.10. The minimum atomic E-state index is 1.09. The molecule has 0 amide bonds. The summed E-state index contributed by atoms with van der Waals surface area (Å²) in [6, 6.07) is 0. The van der Waals surface area contributed by atoms with E-state index in [4.69, 9.17) is 0 Å². The van der Waals surface area contributed by atoms with Gasteiger partial charge in [0.25, 0.3) is 0 Å². The predicted octanol–water partition coefficient (Wildman–Crippen LogP) is 3.31. The Morgan fingerprint density at radius 3 is 3.10 bits per heavy atom. The zero-order valence-electron chi connectivity index (χ0n) is 6.56. The van der Waals surface area contributed by atoms with Crippen LogP contribution >= 0.6 is 8.58 Å². The third-order valence-corrected chi connectivity index (χ3v) is 3.08. The average Bonchev–Trinajstić information content (AvgIpc) is 2.41. The van der Waals surface area contributed by atoms with Crippen molar-refractivity contribution in [2.45, 2.75) is 26.2 Å². The standard InChI is InChI=1S/C9H15P/c1-2-3-8-10-9-6-4-5-7-9/h4-6,10H,2-3,7-8H2,1H3. The maximum atomic E-state index is 2.27. The van der Waals surface area contributed by atoms with Crippen LogP contribution in [0, 0.1) is 0 Å². The fourth-order valence-electron chi connectivity index (χ4n) is 1.00. The van der Waals surface area contributed by atoms with Crippen molar-refractivity contribution in [3.05, 3.63) is 23.5 Å². The summed E-state index contributed by atoms with van der Waals surface area (Å²) in [4.78, 5) is 0. The number of rotatable bonds is 4. The number of hydrogen-bond acceptors (Lipinski definition) is 0. The summed E-state index contributed by atoms with van der Waals surface area (Å²) in [5.74, 6) is 0. The zero-order valence-corrected chi connectivity index (χ0v) is 7.56. The van der Waals surface area contributed by atoms with Gasteiger partial charge in [-0.1, -0.05) is 40.2 Å². The van der Waals surface area contributed by atoms with Gasteiger partial charge in [-0.2, -0.15) is 0 Å². The van der Waals surface area contributed by atoms with Crippen LogP contribution in [0.5, 0.6) is 0 Å². The maximum absolute atomic E-state index is 2.27. The number of hydrogen-bond donors (Lipinski definition) is 0. The van der Waals surface area contributed by atoms with E-state index in [0.29, 0.717) is 0 Å². The van der Waals surface area contributed by atoms with Crippen LogP contribution < -0.4 is 0 Å². The molecule has 0 aromatic carbocycles. The van der Waals surface area contributed by atoms with Crippen LogP contribution in [0.15, 0.2) is 23.5 Å². The summed E-state index contributed by atoms with van der Waals surface area (Å²) < 4.78 is 0. The minimum absolute atomic E-state index is 1.09. The summed E-state index contributed by atoms with van der Waals surface area (Å²) >= 11 is 0. The Hall–Kier alpha value is -0.0900. The summed E-state index contributed by atoms with van der Waals surface area (Å²) in [6.07, 6.45) is 12.1. The predicted molar refractivity (Wildman–Crippen MR) is 49.9 cm³/mol.